The van der Waals surface area contributed by atoms with Crippen molar-refractivity contribution in [3.63, 3.8) is 0 Å². The number of aromatic nitrogens is 1. The van der Waals surface area contributed by atoms with Crippen molar-refractivity contribution in [1.82, 2.24) is 3.97 Å². The molecule has 0 saturated heterocycles. The zero-order valence-corrected chi connectivity index (χ0v) is 11.4. The minimum absolute atomic E-state index is 1.02. The summed E-state index contributed by atoms with van der Waals surface area (Å²) in [6, 6.07) is 13.0. The Balaban J connectivity index is 1.88. The minimum Gasteiger partial charge on any atom is -0.288 e. The highest BCUT2D eigenvalue weighted by atomic mass is 32.2. The van der Waals surface area contributed by atoms with Crippen LogP contribution >= 0.6 is 11.9 Å². The van der Waals surface area contributed by atoms with E-state index in [4.69, 9.17) is 0 Å². The molecule has 0 atom stereocenters. The van der Waals surface area contributed by atoms with E-state index in [1.165, 1.54) is 34.7 Å². The SMILES string of the molecule is Cc1cc2c(n1SCc1ccccc1)=CCCC=2. The summed E-state index contributed by atoms with van der Waals surface area (Å²) in [5.74, 6) is 1.02. The summed E-state index contributed by atoms with van der Waals surface area (Å²) in [6.45, 7) is 2.19. The Morgan fingerprint density at radius 3 is 2.72 bits per heavy atom. The molecule has 2 heteroatoms. The summed E-state index contributed by atoms with van der Waals surface area (Å²) >= 11 is 1.89. The minimum atomic E-state index is 1.02. The van der Waals surface area contributed by atoms with Crippen LogP contribution in [0.2, 0.25) is 0 Å². The van der Waals surface area contributed by atoms with Crippen LogP contribution in [0.4, 0.5) is 0 Å². The van der Waals surface area contributed by atoms with Gasteiger partial charge in [0.05, 0.1) is 5.35 Å². The van der Waals surface area contributed by atoms with Crippen LogP contribution in [-0.2, 0) is 5.75 Å². The normalized spacial score (nSPS) is 13.6. The van der Waals surface area contributed by atoms with Crippen LogP contribution < -0.4 is 10.6 Å². The number of benzene rings is 1. The molecule has 1 nitrogen and oxygen atoms in total. The average molecular weight is 255 g/mol. The Bertz CT molecular complexity index is 652. The molecule has 0 fully saturated rings. The van der Waals surface area contributed by atoms with Gasteiger partial charge >= 0.3 is 0 Å². The highest BCUT2D eigenvalue weighted by Crippen LogP contribution is 2.14. The van der Waals surface area contributed by atoms with E-state index in [1.54, 1.807) is 0 Å². The molecule has 1 aromatic heterocycles. The predicted octanol–water partition coefficient (Wildman–Crippen LogP) is 2.85. The van der Waals surface area contributed by atoms with Gasteiger partial charge in [0, 0.05) is 11.4 Å². The lowest BCUT2D eigenvalue weighted by Gasteiger charge is -2.07. The Labute approximate surface area is 112 Å². The number of hydrogen-bond acceptors (Lipinski definition) is 1. The highest BCUT2D eigenvalue weighted by Gasteiger charge is 2.05. The van der Waals surface area contributed by atoms with Crippen LogP contribution in [-0.4, -0.2) is 3.97 Å². The van der Waals surface area contributed by atoms with E-state index < -0.39 is 0 Å². The molecule has 0 radical (unpaired) electrons. The number of fused-ring (bicyclic) bond motifs is 1. The van der Waals surface area contributed by atoms with Crippen molar-refractivity contribution in [3.05, 3.63) is 58.2 Å². The second-order valence-corrected chi connectivity index (χ2v) is 5.58. The van der Waals surface area contributed by atoms with Crippen molar-refractivity contribution in [2.75, 3.05) is 0 Å². The molecule has 3 rings (SSSR count). The highest BCUT2D eigenvalue weighted by molar-refractivity contribution is 7.97. The van der Waals surface area contributed by atoms with Crippen molar-refractivity contribution >= 4 is 24.1 Å². The quantitative estimate of drug-likeness (QED) is 0.816. The number of hydrogen-bond donors (Lipinski definition) is 0. The molecule has 92 valence electrons. The van der Waals surface area contributed by atoms with Gasteiger partial charge in [-0.1, -0.05) is 42.5 Å². The van der Waals surface area contributed by atoms with Crippen LogP contribution in [0.5, 0.6) is 0 Å². The zero-order valence-electron chi connectivity index (χ0n) is 10.6. The van der Waals surface area contributed by atoms with Gasteiger partial charge in [-0.05, 0) is 48.6 Å². The van der Waals surface area contributed by atoms with Gasteiger partial charge in [-0.2, -0.15) is 0 Å². The molecular weight excluding hydrogens is 238 g/mol. The Morgan fingerprint density at radius 1 is 1.11 bits per heavy atom. The molecule has 1 aliphatic carbocycles. The lowest BCUT2D eigenvalue weighted by atomic mass is 10.2. The maximum Gasteiger partial charge on any atom is 0.0551 e. The third-order valence-electron chi connectivity index (χ3n) is 3.27. The molecule has 1 aliphatic rings. The molecule has 0 N–H and O–H groups in total. The maximum absolute atomic E-state index is 2.37. The standard InChI is InChI=1S/C16H17NS/c1-13-11-15-9-5-6-10-16(15)17(13)18-12-14-7-3-2-4-8-14/h2-4,7-11H,5-6,12H2,1H3. The van der Waals surface area contributed by atoms with Crippen LogP contribution in [0.25, 0.3) is 12.2 Å². The maximum atomic E-state index is 2.37. The molecule has 0 amide bonds. The van der Waals surface area contributed by atoms with E-state index in [0.717, 1.165) is 5.75 Å². The van der Waals surface area contributed by atoms with Gasteiger partial charge in [0.2, 0.25) is 0 Å². The second kappa shape index (κ2) is 5.07. The van der Waals surface area contributed by atoms with E-state index in [0.29, 0.717) is 0 Å². The van der Waals surface area contributed by atoms with Gasteiger partial charge in [0.25, 0.3) is 0 Å². The van der Waals surface area contributed by atoms with Crippen molar-refractivity contribution < 1.29 is 0 Å². The molecule has 1 heterocycles. The first-order valence-electron chi connectivity index (χ1n) is 6.40. The fourth-order valence-electron chi connectivity index (χ4n) is 2.37. The molecule has 0 unspecified atom stereocenters. The van der Waals surface area contributed by atoms with Crippen molar-refractivity contribution in [3.8, 4) is 0 Å². The molecule has 1 aromatic carbocycles. The number of nitrogens with zero attached hydrogens (tertiary/aromatic N) is 1. The number of aryl methyl sites for hydroxylation is 1. The largest absolute Gasteiger partial charge is 0.288 e. The Morgan fingerprint density at radius 2 is 1.89 bits per heavy atom. The lowest BCUT2D eigenvalue weighted by molar-refractivity contribution is 1.06. The van der Waals surface area contributed by atoms with Gasteiger partial charge in [0.15, 0.2) is 0 Å². The second-order valence-electron chi connectivity index (χ2n) is 4.67. The van der Waals surface area contributed by atoms with Crippen LogP contribution in [0, 0.1) is 6.92 Å². The summed E-state index contributed by atoms with van der Waals surface area (Å²) in [5, 5.41) is 2.79. The van der Waals surface area contributed by atoms with Gasteiger partial charge in [-0.15, -0.1) is 0 Å². The van der Waals surface area contributed by atoms with Gasteiger partial charge < -0.3 is 0 Å². The van der Waals surface area contributed by atoms with Crippen molar-refractivity contribution in [2.45, 2.75) is 25.5 Å². The fraction of sp³-hybridized carbons (Fsp3) is 0.250. The van der Waals surface area contributed by atoms with Crippen molar-refractivity contribution in [1.29, 1.82) is 0 Å². The van der Waals surface area contributed by atoms with E-state index in [-0.39, 0.29) is 0 Å². The van der Waals surface area contributed by atoms with E-state index >= 15 is 0 Å². The van der Waals surface area contributed by atoms with Crippen molar-refractivity contribution in [2.24, 2.45) is 0 Å². The first-order valence-corrected chi connectivity index (χ1v) is 7.35. The topological polar surface area (TPSA) is 4.93 Å². The molecular formula is C16H17NS. The van der Waals surface area contributed by atoms with Gasteiger partial charge in [-0.25, -0.2) is 0 Å². The molecule has 0 saturated carbocycles. The van der Waals surface area contributed by atoms with Gasteiger partial charge in [-0.3, -0.25) is 3.97 Å². The summed E-state index contributed by atoms with van der Waals surface area (Å²) < 4.78 is 2.37. The monoisotopic (exact) mass is 255 g/mol. The fourth-order valence-corrected chi connectivity index (χ4v) is 3.42. The van der Waals surface area contributed by atoms with E-state index in [1.807, 2.05) is 11.9 Å². The Hall–Kier alpha value is -1.41. The molecule has 0 bridgehead atoms. The Kier molecular flexibility index (Phi) is 3.28. The van der Waals surface area contributed by atoms with E-state index in [2.05, 4.69) is 59.4 Å². The van der Waals surface area contributed by atoms with E-state index in [9.17, 15) is 0 Å². The third-order valence-corrected chi connectivity index (χ3v) is 4.48. The molecule has 0 spiro atoms. The van der Waals surface area contributed by atoms with Crippen LogP contribution in [0.15, 0.2) is 36.4 Å². The molecule has 18 heavy (non-hydrogen) atoms. The molecule has 2 aromatic rings. The third kappa shape index (κ3) is 2.25. The summed E-state index contributed by atoms with van der Waals surface area (Å²) in [5.41, 5.74) is 2.72. The first-order chi connectivity index (χ1) is 8.84. The average Bonchev–Trinajstić information content (AvgIpc) is 2.73. The molecule has 0 aliphatic heterocycles. The summed E-state index contributed by atoms with van der Waals surface area (Å²) in [7, 11) is 0. The smallest absolute Gasteiger partial charge is 0.0551 e. The van der Waals surface area contributed by atoms with Crippen LogP contribution in [0.1, 0.15) is 24.1 Å². The summed E-state index contributed by atoms with van der Waals surface area (Å²) in [4.78, 5) is 0. The van der Waals surface area contributed by atoms with Crippen LogP contribution in [0.3, 0.4) is 0 Å². The zero-order chi connectivity index (χ0) is 12.4. The lowest BCUT2D eigenvalue weighted by Crippen LogP contribution is -2.28. The predicted molar refractivity (Wildman–Crippen MR) is 79.7 cm³/mol. The number of rotatable bonds is 3. The van der Waals surface area contributed by atoms with Gasteiger partial charge in [0.1, 0.15) is 0 Å². The summed E-state index contributed by atoms with van der Waals surface area (Å²) in [6.07, 6.45) is 7.06. The first kappa shape index (κ1) is 11.7.